The van der Waals surface area contributed by atoms with Gasteiger partial charge in [-0.3, -0.25) is 0 Å². The number of rotatable bonds is 3. The predicted molar refractivity (Wildman–Crippen MR) is 76.6 cm³/mol. The van der Waals surface area contributed by atoms with Crippen molar-refractivity contribution >= 4 is 27.5 Å². The van der Waals surface area contributed by atoms with Crippen LogP contribution in [0.2, 0.25) is 5.02 Å². The molecule has 1 rings (SSSR count). The highest BCUT2D eigenvalue weighted by atomic mass is 79.9. The molecule has 0 heterocycles. The second-order valence-corrected chi connectivity index (χ2v) is 6.72. The highest BCUT2D eigenvalue weighted by molar-refractivity contribution is 9.10. The molecular formula is C13H18BrClFNO. The van der Waals surface area contributed by atoms with Gasteiger partial charge in [0.1, 0.15) is 17.7 Å². The van der Waals surface area contributed by atoms with Gasteiger partial charge < -0.3 is 10.5 Å². The molecule has 2 atom stereocenters. The zero-order valence-electron chi connectivity index (χ0n) is 10.9. The fourth-order valence-corrected chi connectivity index (χ4v) is 2.54. The molecule has 0 spiro atoms. The molecule has 18 heavy (non-hydrogen) atoms. The Balaban J connectivity index is 3.05. The van der Waals surface area contributed by atoms with Crippen molar-refractivity contribution in [3.8, 4) is 5.75 Å². The van der Waals surface area contributed by atoms with Crippen LogP contribution in [0, 0.1) is 11.2 Å². The maximum Gasteiger partial charge on any atom is 0.145 e. The minimum absolute atomic E-state index is 0.0577. The maximum atomic E-state index is 13.4. The summed E-state index contributed by atoms with van der Waals surface area (Å²) in [4.78, 5) is 0. The van der Waals surface area contributed by atoms with Gasteiger partial charge in [0.2, 0.25) is 0 Å². The van der Waals surface area contributed by atoms with Gasteiger partial charge in [0.25, 0.3) is 0 Å². The molecule has 5 heteroatoms. The average Bonchev–Trinajstić information content (AvgIpc) is 2.19. The zero-order valence-corrected chi connectivity index (χ0v) is 13.3. The van der Waals surface area contributed by atoms with E-state index in [9.17, 15) is 4.39 Å². The van der Waals surface area contributed by atoms with Crippen molar-refractivity contribution in [3.05, 3.63) is 27.4 Å². The van der Waals surface area contributed by atoms with E-state index in [4.69, 9.17) is 22.1 Å². The average molecular weight is 339 g/mol. The van der Waals surface area contributed by atoms with E-state index >= 15 is 0 Å². The Kier molecular flexibility index (Phi) is 5.04. The molecule has 1 aromatic rings. The first-order chi connectivity index (χ1) is 8.12. The first-order valence-corrected chi connectivity index (χ1v) is 6.87. The van der Waals surface area contributed by atoms with E-state index in [1.165, 1.54) is 12.1 Å². The Morgan fingerprint density at radius 2 is 1.94 bits per heavy atom. The number of benzene rings is 1. The zero-order chi connectivity index (χ0) is 14.1. The smallest absolute Gasteiger partial charge is 0.145 e. The van der Waals surface area contributed by atoms with E-state index in [0.29, 0.717) is 10.2 Å². The molecule has 0 radical (unpaired) electrons. The van der Waals surface area contributed by atoms with Crippen molar-refractivity contribution in [3.63, 3.8) is 0 Å². The van der Waals surface area contributed by atoms with Gasteiger partial charge in [0, 0.05) is 17.5 Å². The van der Waals surface area contributed by atoms with Crippen LogP contribution in [0.5, 0.6) is 5.75 Å². The molecule has 0 aliphatic carbocycles. The normalized spacial score (nSPS) is 15.3. The van der Waals surface area contributed by atoms with Gasteiger partial charge in [-0.15, -0.1) is 0 Å². The summed E-state index contributed by atoms with van der Waals surface area (Å²) in [6.45, 7) is 7.96. The molecule has 0 saturated heterocycles. The quantitative estimate of drug-likeness (QED) is 0.830. The van der Waals surface area contributed by atoms with Gasteiger partial charge in [-0.2, -0.15) is 0 Å². The van der Waals surface area contributed by atoms with Crippen molar-refractivity contribution in [1.82, 2.24) is 0 Å². The van der Waals surface area contributed by atoms with Crippen LogP contribution in [-0.4, -0.2) is 12.1 Å². The molecule has 0 fully saturated rings. The molecular weight excluding hydrogens is 321 g/mol. The molecule has 2 nitrogen and oxygen atoms in total. The molecule has 102 valence electrons. The summed E-state index contributed by atoms with van der Waals surface area (Å²) in [7, 11) is 0. The van der Waals surface area contributed by atoms with Crippen LogP contribution < -0.4 is 10.5 Å². The highest BCUT2D eigenvalue weighted by Gasteiger charge is 2.30. The lowest BCUT2D eigenvalue weighted by atomic mass is 9.85. The summed E-state index contributed by atoms with van der Waals surface area (Å²) in [6.07, 6.45) is -0.227. The number of halogens is 3. The first kappa shape index (κ1) is 15.7. The minimum atomic E-state index is -0.507. The van der Waals surface area contributed by atoms with E-state index in [1.54, 1.807) is 0 Å². The van der Waals surface area contributed by atoms with Crippen molar-refractivity contribution < 1.29 is 9.13 Å². The van der Waals surface area contributed by atoms with Gasteiger partial charge >= 0.3 is 0 Å². The van der Waals surface area contributed by atoms with E-state index in [-0.39, 0.29) is 22.6 Å². The van der Waals surface area contributed by atoms with Gasteiger partial charge in [0.05, 0.1) is 9.50 Å². The Bertz CT molecular complexity index is 432. The summed E-state index contributed by atoms with van der Waals surface area (Å²) in [5.41, 5.74) is 5.78. The summed E-state index contributed by atoms with van der Waals surface area (Å²) in [5, 5.41) is 0.0577. The van der Waals surface area contributed by atoms with Crippen LogP contribution in [0.3, 0.4) is 0 Å². The third-order valence-corrected chi connectivity index (χ3v) is 3.47. The molecule has 0 bridgehead atoms. The Labute approximate surface area is 121 Å². The SMILES string of the molecule is CC(N)C(Oc1cc(F)c(Cl)cc1Br)C(C)(C)C. The third kappa shape index (κ3) is 3.84. The summed E-state index contributed by atoms with van der Waals surface area (Å²) >= 11 is 9.00. The molecule has 2 unspecified atom stereocenters. The number of hydrogen-bond donors (Lipinski definition) is 1. The van der Waals surface area contributed by atoms with Crippen molar-refractivity contribution in [2.45, 2.75) is 39.8 Å². The highest BCUT2D eigenvalue weighted by Crippen LogP contribution is 2.34. The van der Waals surface area contributed by atoms with Crippen LogP contribution >= 0.6 is 27.5 Å². The Morgan fingerprint density at radius 3 is 2.39 bits per heavy atom. The van der Waals surface area contributed by atoms with E-state index in [2.05, 4.69) is 15.9 Å². The number of hydrogen-bond acceptors (Lipinski definition) is 2. The fourth-order valence-electron chi connectivity index (χ4n) is 1.80. The Morgan fingerprint density at radius 1 is 1.39 bits per heavy atom. The lowest BCUT2D eigenvalue weighted by molar-refractivity contribution is 0.0674. The second kappa shape index (κ2) is 5.76. The van der Waals surface area contributed by atoms with E-state index < -0.39 is 5.82 Å². The van der Waals surface area contributed by atoms with Gasteiger partial charge in [0.15, 0.2) is 0 Å². The first-order valence-electron chi connectivity index (χ1n) is 5.69. The lowest BCUT2D eigenvalue weighted by Crippen LogP contribution is -2.45. The van der Waals surface area contributed by atoms with E-state index in [1.807, 2.05) is 27.7 Å². The van der Waals surface area contributed by atoms with Crippen molar-refractivity contribution in [1.29, 1.82) is 0 Å². The molecule has 0 aromatic heterocycles. The van der Waals surface area contributed by atoms with Gasteiger partial charge in [-0.1, -0.05) is 32.4 Å². The predicted octanol–water partition coefficient (Wildman–Crippen LogP) is 4.38. The number of ether oxygens (including phenoxy) is 1. The van der Waals surface area contributed by atoms with Crippen LogP contribution in [0.1, 0.15) is 27.7 Å². The van der Waals surface area contributed by atoms with Gasteiger partial charge in [-0.05, 0) is 28.9 Å². The molecule has 0 amide bonds. The summed E-state index contributed by atoms with van der Waals surface area (Å²) < 4.78 is 19.9. The third-order valence-electron chi connectivity index (χ3n) is 2.56. The van der Waals surface area contributed by atoms with Gasteiger partial charge in [-0.25, -0.2) is 4.39 Å². The largest absolute Gasteiger partial charge is 0.487 e. The monoisotopic (exact) mass is 337 g/mol. The molecule has 1 aromatic carbocycles. The standard InChI is InChI=1S/C13H18BrClFNO/c1-7(17)12(13(2,3)4)18-11-6-10(16)9(15)5-8(11)14/h5-7,12H,17H2,1-4H3. The Hall–Kier alpha value is -0.320. The van der Waals surface area contributed by atoms with Crippen molar-refractivity contribution in [2.75, 3.05) is 0 Å². The number of nitrogens with two attached hydrogens (primary N) is 1. The molecule has 0 aliphatic rings. The van der Waals surface area contributed by atoms with E-state index in [0.717, 1.165) is 0 Å². The lowest BCUT2D eigenvalue weighted by Gasteiger charge is -2.34. The topological polar surface area (TPSA) is 35.2 Å². The molecule has 0 aliphatic heterocycles. The molecule has 2 N–H and O–H groups in total. The summed E-state index contributed by atoms with van der Waals surface area (Å²) in [5.74, 6) is -0.0960. The minimum Gasteiger partial charge on any atom is -0.487 e. The summed E-state index contributed by atoms with van der Waals surface area (Å²) in [6, 6.07) is 2.58. The van der Waals surface area contributed by atoms with Crippen LogP contribution in [0.15, 0.2) is 16.6 Å². The molecule has 0 saturated carbocycles. The van der Waals surface area contributed by atoms with Crippen LogP contribution in [0.25, 0.3) is 0 Å². The van der Waals surface area contributed by atoms with Crippen LogP contribution in [0.4, 0.5) is 4.39 Å². The van der Waals surface area contributed by atoms with Crippen LogP contribution in [-0.2, 0) is 0 Å². The fraction of sp³-hybridized carbons (Fsp3) is 0.538. The van der Waals surface area contributed by atoms with Crippen molar-refractivity contribution in [2.24, 2.45) is 11.1 Å². The second-order valence-electron chi connectivity index (χ2n) is 5.46. The maximum absolute atomic E-state index is 13.4.